The Bertz CT molecular complexity index is 745. The number of hydrogen-bond donors (Lipinski definition) is 0. The second-order valence-corrected chi connectivity index (χ2v) is 5.62. The molecule has 0 radical (unpaired) electrons. The predicted octanol–water partition coefficient (Wildman–Crippen LogP) is 5.22. The van der Waals surface area contributed by atoms with Gasteiger partial charge in [-0.3, -0.25) is 10.1 Å². The van der Waals surface area contributed by atoms with E-state index >= 15 is 0 Å². The summed E-state index contributed by atoms with van der Waals surface area (Å²) < 4.78 is 11.3. The lowest BCUT2D eigenvalue weighted by Crippen LogP contribution is -2.01. The largest absolute Gasteiger partial charge is 0.490 e. The van der Waals surface area contributed by atoms with E-state index in [0.29, 0.717) is 40.3 Å². The molecule has 0 heterocycles. The van der Waals surface area contributed by atoms with Gasteiger partial charge in [-0.2, -0.15) is 0 Å². The molecule has 2 aromatic carbocycles. The molecule has 0 atom stereocenters. The second kappa shape index (κ2) is 8.57. The van der Waals surface area contributed by atoms with Crippen molar-refractivity contribution in [1.82, 2.24) is 0 Å². The van der Waals surface area contributed by atoms with Crippen LogP contribution in [0.4, 0.5) is 0 Å². The maximum atomic E-state index is 10.4. The fourth-order valence-corrected chi connectivity index (χ4v) is 2.37. The molecule has 0 fully saturated rings. The summed E-state index contributed by atoms with van der Waals surface area (Å²) in [4.78, 5) is 9.90. The first kappa shape index (κ1) is 18.1. The highest BCUT2D eigenvalue weighted by atomic mass is 35.5. The van der Waals surface area contributed by atoms with Crippen LogP contribution < -0.4 is 9.47 Å². The Morgan fingerprint density at radius 3 is 2.50 bits per heavy atom. The van der Waals surface area contributed by atoms with Crippen LogP contribution in [0.1, 0.15) is 18.1 Å². The van der Waals surface area contributed by atoms with Gasteiger partial charge in [0.15, 0.2) is 11.5 Å². The molecule has 2 rings (SSSR count). The van der Waals surface area contributed by atoms with E-state index in [1.165, 1.54) is 6.08 Å². The van der Waals surface area contributed by atoms with Crippen LogP contribution in [0.5, 0.6) is 11.5 Å². The van der Waals surface area contributed by atoms with E-state index in [-0.39, 0.29) is 0 Å². The van der Waals surface area contributed by atoms with Crippen LogP contribution in [0, 0.1) is 10.1 Å². The molecule has 7 heteroatoms. The summed E-state index contributed by atoms with van der Waals surface area (Å²) in [5.41, 5.74) is 1.48. The number of halogens is 2. The molecule has 0 spiro atoms. The molecule has 0 saturated heterocycles. The minimum atomic E-state index is -0.542. The SMILES string of the molecule is CCOc1cc(C=C[N+](=O)[O-])cc(Cl)c1OCc1ccc(Cl)cc1. The molecule has 0 bridgehead atoms. The summed E-state index contributed by atoms with van der Waals surface area (Å²) in [6.45, 7) is 2.54. The van der Waals surface area contributed by atoms with Gasteiger partial charge >= 0.3 is 0 Å². The fourth-order valence-electron chi connectivity index (χ4n) is 1.97. The summed E-state index contributed by atoms with van der Waals surface area (Å²) in [6, 6.07) is 10.5. The molecule has 0 aliphatic carbocycles. The third-order valence-electron chi connectivity index (χ3n) is 3.02. The summed E-state index contributed by atoms with van der Waals surface area (Å²) in [5, 5.41) is 11.4. The van der Waals surface area contributed by atoms with Crippen LogP contribution in [0.2, 0.25) is 10.0 Å². The van der Waals surface area contributed by atoms with Gasteiger partial charge < -0.3 is 9.47 Å². The smallest absolute Gasteiger partial charge is 0.235 e. The van der Waals surface area contributed by atoms with Gasteiger partial charge in [0.2, 0.25) is 6.20 Å². The third kappa shape index (κ3) is 5.15. The van der Waals surface area contributed by atoms with Gasteiger partial charge in [0.05, 0.1) is 16.6 Å². The molecule has 0 unspecified atom stereocenters. The van der Waals surface area contributed by atoms with Crippen molar-refractivity contribution >= 4 is 29.3 Å². The molecule has 2 aromatic rings. The summed E-state index contributed by atoms with van der Waals surface area (Å²) in [5.74, 6) is 0.827. The highest BCUT2D eigenvalue weighted by Crippen LogP contribution is 2.37. The van der Waals surface area contributed by atoms with E-state index in [1.54, 1.807) is 24.3 Å². The lowest BCUT2D eigenvalue weighted by atomic mass is 10.2. The molecule has 0 N–H and O–H groups in total. The van der Waals surface area contributed by atoms with E-state index in [4.69, 9.17) is 32.7 Å². The van der Waals surface area contributed by atoms with Gasteiger partial charge in [-0.05, 0) is 42.3 Å². The fraction of sp³-hybridized carbons (Fsp3) is 0.176. The number of rotatable bonds is 7. The topological polar surface area (TPSA) is 61.6 Å². The highest BCUT2D eigenvalue weighted by Gasteiger charge is 2.12. The summed E-state index contributed by atoms with van der Waals surface area (Å²) in [7, 11) is 0. The minimum Gasteiger partial charge on any atom is -0.490 e. The van der Waals surface area contributed by atoms with E-state index in [2.05, 4.69) is 0 Å². The van der Waals surface area contributed by atoms with Crippen molar-refractivity contribution in [2.24, 2.45) is 0 Å². The minimum absolute atomic E-state index is 0.293. The number of benzene rings is 2. The van der Waals surface area contributed by atoms with E-state index in [9.17, 15) is 10.1 Å². The number of nitro groups is 1. The normalized spacial score (nSPS) is 10.8. The first-order chi connectivity index (χ1) is 11.5. The van der Waals surface area contributed by atoms with Crippen molar-refractivity contribution in [3.63, 3.8) is 0 Å². The number of hydrogen-bond acceptors (Lipinski definition) is 4. The van der Waals surface area contributed by atoms with Gasteiger partial charge in [-0.25, -0.2) is 0 Å². The molecular formula is C17H15Cl2NO4. The van der Waals surface area contributed by atoms with Crippen molar-refractivity contribution in [3.8, 4) is 11.5 Å². The Balaban J connectivity index is 2.23. The van der Waals surface area contributed by atoms with Gasteiger partial charge in [0.1, 0.15) is 6.61 Å². The number of ether oxygens (including phenoxy) is 2. The third-order valence-corrected chi connectivity index (χ3v) is 3.55. The van der Waals surface area contributed by atoms with Crippen LogP contribution >= 0.6 is 23.2 Å². The maximum absolute atomic E-state index is 10.4. The van der Waals surface area contributed by atoms with Crippen LogP contribution in [-0.4, -0.2) is 11.5 Å². The Kier molecular flexibility index (Phi) is 6.46. The molecule has 0 aromatic heterocycles. The van der Waals surface area contributed by atoms with Crippen molar-refractivity contribution in [2.75, 3.05) is 6.61 Å². The average molecular weight is 368 g/mol. The van der Waals surface area contributed by atoms with E-state index in [0.717, 1.165) is 11.8 Å². The monoisotopic (exact) mass is 367 g/mol. The Labute approximate surface area is 149 Å². The molecule has 0 saturated carbocycles. The molecule has 0 amide bonds. The molecule has 0 aliphatic heterocycles. The van der Waals surface area contributed by atoms with Gasteiger partial charge in [0, 0.05) is 11.1 Å². The Hall–Kier alpha value is -2.24. The molecule has 5 nitrogen and oxygen atoms in total. The van der Waals surface area contributed by atoms with Crippen molar-refractivity contribution < 1.29 is 14.4 Å². The summed E-state index contributed by atoms with van der Waals surface area (Å²) in [6.07, 6.45) is 2.19. The van der Waals surface area contributed by atoms with Crippen LogP contribution in [-0.2, 0) is 6.61 Å². The predicted molar refractivity (Wildman–Crippen MR) is 94.4 cm³/mol. The lowest BCUT2D eigenvalue weighted by molar-refractivity contribution is -0.400. The van der Waals surface area contributed by atoms with Crippen molar-refractivity contribution in [2.45, 2.75) is 13.5 Å². The number of nitrogens with zero attached hydrogens (tertiary/aromatic N) is 1. The molecule has 126 valence electrons. The molecular weight excluding hydrogens is 353 g/mol. The van der Waals surface area contributed by atoms with E-state index < -0.39 is 4.92 Å². The van der Waals surface area contributed by atoms with Gasteiger partial charge in [-0.15, -0.1) is 0 Å². The standard InChI is InChI=1S/C17H15Cl2NO4/c1-2-23-16-10-13(7-8-20(21)22)9-15(19)17(16)24-11-12-3-5-14(18)6-4-12/h3-10H,2,11H2,1H3. The lowest BCUT2D eigenvalue weighted by Gasteiger charge is -2.14. The zero-order valence-electron chi connectivity index (χ0n) is 12.9. The first-order valence-electron chi connectivity index (χ1n) is 7.15. The van der Waals surface area contributed by atoms with Crippen molar-refractivity contribution in [3.05, 3.63) is 73.9 Å². The first-order valence-corrected chi connectivity index (χ1v) is 7.90. The van der Waals surface area contributed by atoms with Crippen LogP contribution in [0.3, 0.4) is 0 Å². The maximum Gasteiger partial charge on any atom is 0.235 e. The van der Waals surface area contributed by atoms with Crippen LogP contribution in [0.15, 0.2) is 42.6 Å². The Morgan fingerprint density at radius 1 is 1.17 bits per heavy atom. The second-order valence-electron chi connectivity index (χ2n) is 4.78. The Morgan fingerprint density at radius 2 is 1.88 bits per heavy atom. The molecule has 24 heavy (non-hydrogen) atoms. The van der Waals surface area contributed by atoms with Gasteiger partial charge in [-0.1, -0.05) is 35.3 Å². The molecule has 0 aliphatic rings. The van der Waals surface area contributed by atoms with Crippen molar-refractivity contribution in [1.29, 1.82) is 0 Å². The van der Waals surface area contributed by atoms with Gasteiger partial charge in [0.25, 0.3) is 0 Å². The van der Waals surface area contributed by atoms with Crippen LogP contribution in [0.25, 0.3) is 6.08 Å². The zero-order chi connectivity index (χ0) is 17.5. The summed E-state index contributed by atoms with van der Waals surface area (Å²) >= 11 is 12.1. The average Bonchev–Trinajstić information content (AvgIpc) is 2.54. The zero-order valence-corrected chi connectivity index (χ0v) is 14.4. The highest BCUT2D eigenvalue weighted by molar-refractivity contribution is 6.32. The van der Waals surface area contributed by atoms with E-state index in [1.807, 2.05) is 19.1 Å². The quantitative estimate of drug-likeness (QED) is 0.497.